The summed E-state index contributed by atoms with van der Waals surface area (Å²) in [7, 11) is 2.25. The molecule has 0 amide bonds. The van der Waals surface area contributed by atoms with Crippen molar-refractivity contribution in [1.29, 1.82) is 0 Å². The molecular weight excluding hydrogens is 400 g/mol. The van der Waals surface area contributed by atoms with Crippen molar-refractivity contribution < 1.29 is 19.1 Å². The molecule has 2 aliphatic rings. The molecule has 2 heterocycles. The van der Waals surface area contributed by atoms with Crippen LogP contribution in [0.15, 0.2) is 73.1 Å². The number of nitrogens with zero attached hydrogens (tertiary/aromatic N) is 2. The van der Waals surface area contributed by atoms with Crippen LogP contribution in [0.1, 0.15) is 29.5 Å². The lowest BCUT2D eigenvalue weighted by atomic mass is 9.91. The van der Waals surface area contributed by atoms with E-state index in [1.165, 1.54) is 5.56 Å². The van der Waals surface area contributed by atoms with E-state index in [2.05, 4.69) is 24.2 Å². The van der Waals surface area contributed by atoms with Crippen molar-refractivity contribution in [3.63, 3.8) is 0 Å². The zero-order chi connectivity index (χ0) is 22.2. The number of hydrogen-bond donors (Lipinski definition) is 1. The number of hydrogen-bond acceptors (Lipinski definition) is 4. The number of benzene rings is 2. The lowest BCUT2D eigenvalue weighted by Gasteiger charge is -2.36. The molecule has 1 aliphatic heterocycles. The van der Waals surface area contributed by atoms with Crippen molar-refractivity contribution in [2.24, 2.45) is 0 Å². The Balaban J connectivity index is 1.32. The quantitative estimate of drug-likeness (QED) is 0.480. The zero-order valence-corrected chi connectivity index (χ0v) is 18.4. The fraction of sp³-hybridized carbons (Fsp3) is 0.333. The first kappa shape index (κ1) is 20.9. The van der Waals surface area contributed by atoms with Gasteiger partial charge in [-0.1, -0.05) is 48.5 Å². The van der Waals surface area contributed by atoms with Crippen LogP contribution in [-0.4, -0.2) is 53.3 Å². The van der Waals surface area contributed by atoms with Crippen LogP contribution in [-0.2, 0) is 21.6 Å². The maximum Gasteiger partial charge on any atom is 0.347 e. The highest BCUT2D eigenvalue weighted by molar-refractivity contribution is 5.96. The van der Waals surface area contributed by atoms with Gasteiger partial charge in [0.1, 0.15) is 12.6 Å². The van der Waals surface area contributed by atoms with Gasteiger partial charge in [-0.2, -0.15) is 0 Å². The first-order chi connectivity index (χ1) is 15.5. The van der Waals surface area contributed by atoms with E-state index >= 15 is 0 Å². The third kappa shape index (κ3) is 3.42. The molecule has 3 aromatic rings. The summed E-state index contributed by atoms with van der Waals surface area (Å²) in [5, 5.41) is 11.6. The van der Waals surface area contributed by atoms with Crippen molar-refractivity contribution in [1.82, 2.24) is 4.98 Å². The Kier molecular flexibility index (Phi) is 5.31. The number of likely N-dealkylation sites (N-methyl/N-ethyl adjacent to an activating group) is 1. The Hall–Kier alpha value is -3.02. The number of quaternary nitrogens is 1. The summed E-state index contributed by atoms with van der Waals surface area (Å²) >= 11 is 0. The van der Waals surface area contributed by atoms with Gasteiger partial charge in [0, 0.05) is 42.8 Å². The molecule has 0 bridgehead atoms. The fourth-order valence-corrected chi connectivity index (χ4v) is 5.38. The molecule has 32 heavy (non-hydrogen) atoms. The number of ether oxygens (including phenoxy) is 1. The van der Waals surface area contributed by atoms with Crippen LogP contribution >= 0.6 is 0 Å². The van der Waals surface area contributed by atoms with E-state index in [0.717, 1.165) is 48.0 Å². The first-order valence-corrected chi connectivity index (χ1v) is 11.3. The number of carbonyl (C=O) groups excluding carboxylic acids is 1. The summed E-state index contributed by atoms with van der Waals surface area (Å²) in [6.45, 7) is 2.38. The highest BCUT2D eigenvalue weighted by Gasteiger charge is 2.50. The average Bonchev–Trinajstić information content (AvgIpc) is 3.33. The molecular formula is C27H29N2O3+. The van der Waals surface area contributed by atoms with Crippen molar-refractivity contribution in [3.8, 4) is 11.1 Å². The second kappa shape index (κ2) is 8.15. The SMILES string of the molecule is C[N@+]1(CCc2ccncc2)CCCC1COC(=O)C1(O)c2ccccc2-c2ccccc21. The Morgan fingerprint density at radius 1 is 1.06 bits per heavy atom. The Morgan fingerprint density at radius 2 is 1.69 bits per heavy atom. The van der Waals surface area contributed by atoms with Gasteiger partial charge in [-0.05, 0) is 28.8 Å². The zero-order valence-electron chi connectivity index (χ0n) is 18.4. The maximum absolute atomic E-state index is 13.4. The molecule has 164 valence electrons. The van der Waals surface area contributed by atoms with Crippen LogP contribution < -0.4 is 0 Å². The van der Waals surface area contributed by atoms with Gasteiger partial charge < -0.3 is 14.3 Å². The minimum absolute atomic E-state index is 0.233. The lowest BCUT2D eigenvalue weighted by Crippen LogP contribution is -2.52. The molecule has 2 atom stereocenters. The standard InChI is InChI=1S/C27H29N2O3/c1-29(18-14-20-12-15-28-16-13-20)17-6-7-21(29)19-32-26(30)27(31)24-10-4-2-8-22(24)23-9-3-5-11-25(23)27/h2-5,8-13,15-16,21,31H,6-7,14,17-19H2,1H3/q+1/t21?,29-/m1/s1. The molecule has 1 unspecified atom stereocenters. The number of rotatable bonds is 6. The van der Waals surface area contributed by atoms with Gasteiger partial charge in [0.25, 0.3) is 0 Å². The van der Waals surface area contributed by atoms with Crippen LogP contribution in [0.5, 0.6) is 0 Å². The molecule has 5 nitrogen and oxygen atoms in total. The number of aliphatic hydroxyl groups is 1. The molecule has 5 heteroatoms. The Bertz CT molecular complexity index is 1090. The molecule has 2 aromatic carbocycles. The van der Waals surface area contributed by atoms with Crippen LogP contribution in [0.2, 0.25) is 0 Å². The molecule has 0 saturated carbocycles. The molecule has 1 aromatic heterocycles. The molecule has 1 fully saturated rings. The van der Waals surface area contributed by atoms with Crippen LogP contribution in [0.4, 0.5) is 0 Å². The Labute approximate surface area is 188 Å². The van der Waals surface area contributed by atoms with E-state index in [4.69, 9.17) is 4.74 Å². The third-order valence-electron chi connectivity index (χ3n) is 7.37. The predicted molar refractivity (Wildman–Crippen MR) is 123 cm³/mol. The van der Waals surface area contributed by atoms with Gasteiger partial charge in [-0.15, -0.1) is 0 Å². The minimum Gasteiger partial charge on any atom is -0.457 e. The number of carbonyl (C=O) groups is 1. The van der Waals surface area contributed by atoms with Gasteiger partial charge >= 0.3 is 5.97 Å². The van der Waals surface area contributed by atoms with E-state index in [-0.39, 0.29) is 6.04 Å². The van der Waals surface area contributed by atoms with E-state index in [9.17, 15) is 9.90 Å². The van der Waals surface area contributed by atoms with Crippen molar-refractivity contribution >= 4 is 5.97 Å². The van der Waals surface area contributed by atoms with Gasteiger partial charge in [-0.3, -0.25) is 4.98 Å². The number of pyridine rings is 1. The predicted octanol–water partition coefficient (Wildman–Crippen LogP) is 3.69. The molecule has 0 spiro atoms. The van der Waals surface area contributed by atoms with Gasteiger partial charge in [0.2, 0.25) is 5.60 Å². The molecule has 1 N–H and O–H groups in total. The maximum atomic E-state index is 13.4. The average molecular weight is 430 g/mol. The summed E-state index contributed by atoms with van der Waals surface area (Å²) in [4.78, 5) is 17.4. The molecule has 5 rings (SSSR count). The summed E-state index contributed by atoms with van der Waals surface area (Å²) in [6, 6.07) is 19.4. The summed E-state index contributed by atoms with van der Waals surface area (Å²) in [5.41, 5.74) is 2.50. The van der Waals surface area contributed by atoms with Gasteiger partial charge in [-0.25, -0.2) is 4.79 Å². The largest absolute Gasteiger partial charge is 0.457 e. The molecule has 0 radical (unpaired) electrons. The summed E-state index contributed by atoms with van der Waals surface area (Å²) in [6.07, 6.45) is 6.76. The van der Waals surface area contributed by atoms with Crippen molar-refractivity contribution in [2.75, 3.05) is 26.7 Å². The summed E-state index contributed by atoms with van der Waals surface area (Å²) < 4.78 is 6.74. The third-order valence-corrected chi connectivity index (χ3v) is 7.37. The van der Waals surface area contributed by atoms with Gasteiger partial charge in [0.15, 0.2) is 0 Å². The number of likely N-dealkylation sites (tertiary alicyclic amines) is 1. The number of fused-ring (bicyclic) bond motifs is 3. The smallest absolute Gasteiger partial charge is 0.347 e. The van der Waals surface area contributed by atoms with Crippen LogP contribution in [0.25, 0.3) is 11.1 Å². The van der Waals surface area contributed by atoms with Crippen molar-refractivity contribution in [3.05, 3.63) is 89.7 Å². The second-order valence-electron chi connectivity index (χ2n) is 9.23. The fourth-order valence-electron chi connectivity index (χ4n) is 5.38. The van der Waals surface area contributed by atoms with Gasteiger partial charge in [0.05, 0.1) is 20.1 Å². The molecule has 1 aliphatic carbocycles. The minimum atomic E-state index is -1.76. The van der Waals surface area contributed by atoms with Crippen LogP contribution in [0, 0.1) is 0 Å². The Morgan fingerprint density at radius 3 is 2.34 bits per heavy atom. The normalized spacial score (nSPS) is 22.9. The monoisotopic (exact) mass is 429 g/mol. The number of aromatic nitrogens is 1. The van der Waals surface area contributed by atoms with E-state index in [0.29, 0.717) is 17.7 Å². The highest BCUT2D eigenvalue weighted by Crippen LogP contribution is 2.48. The topological polar surface area (TPSA) is 59.4 Å². The number of esters is 1. The summed E-state index contributed by atoms with van der Waals surface area (Å²) in [5.74, 6) is -0.581. The lowest BCUT2D eigenvalue weighted by molar-refractivity contribution is -0.921. The molecule has 1 saturated heterocycles. The van der Waals surface area contributed by atoms with E-state index in [1.807, 2.05) is 60.9 Å². The second-order valence-corrected chi connectivity index (χ2v) is 9.23. The van der Waals surface area contributed by atoms with Crippen molar-refractivity contribution in [2.45, 2.75) is 30.9 Å². The van der Waals surface area contributed by atoms with E-state index in [1.54, 1.807) is 0 Å². The first-order valence-electron chi connectivity index (χ1n) is 11.3. The highest BCUT2D eigenvalue weighted by atomic mass is 16.6. The van der Waals surface area contributed by atoms with E-state index < -0.39 is 11.6 Å². The van der Waals surface area contributed by atoms with Crippen LogP contribution in [0.3, 0.4) is 0 Å².